The van der Waals surface area contributed by atoms with Gasteiger partial charge in [0, 0.05) is 30.3 Å². The number of aromatic hydroxyl groups is 1. The van der Waals surface area contributed by atoms with Crippen LogP contribution in [0.15, 0.2) is 65.6 Å². The van der Waals surface area contributed by atoms with Crippen molar-refractivity contribution < 1.29 is 18.6 Å². The van der Waals surface area contributed by atoms with Crippen LogP contribution < -0.4 is 4.74 Å². The molecule has 0 bridgehead atoms. The molecule has 2 heterocycles. The van der Waals surface area contributed by atoms with Gasteiger partial charge in [0.15, 0.2) is 0 Å². The molecule has 1 saturated heterocycles. The van der Waals surface area contributed by atoms with E-state index < -0.39 is 5.82 Å². The van der Waals surface area contributed by atoms with E-state index in [1.165, 1.54) is 6.07 Å². The van der Waals surface area contributed by atoms with Gasteiger partial charge in [-0.1, -0.05) is 35.9 Å². The third-order valence-corrected chi connectivity index (χ3v) is 8.16. The van der Waals surface area contributed by atoms with Gasteiger partial charge in [0.25, 0.3) is 0 Å². The molecule has 1 N–H and O–H groups in total. The number of halogens is 3. The number of alkyl halides is 1. The fourth-order valence-corrected chi connectivity index (χ4v) is 6.25. The number of likely N-dealkylation sites (tertiary alicyclic amines) is 1. The number of fused-ring (bicyclic) bond motifs is 1. The molecule has 7 heteroatoms. The molecule has 0 aliphatic carbocycles. The van der Waals surface area contributed by atoms with Crippen molar-refractivity contribution in [2.75, 3.05) is 32.1 Å². The van der Waals surface area contributed by atoms with Crippen molar-refractivity contribution in [1.29, 1.82) is 0 Å². The monoisotopic (exact) mass is 527 g/mol. The number of thioether (sulfide) groups is 1. The number of hydrogen-bond acceptors (Lipinski definition) is 4. The molecule has 188 valence electrons. The molecule has 2 aliphatic rings. The van der Waals surface area contributed by atoms with Crippen LogP contribution in [-0.4, -0.2) is 48.2 Å². The molecule has 5 rings (SSSR count). The lowest BCUT2D eigenvalue weighted by Crippen LogP contribution is -2.26. The number of phenols is 1. The summed E-state index contributed by atoms with van der Waals surface area (Å²) in [7, 11) is 0. The topological polar surface area (TPSA) is 32.7 Å². The minimum absolute atomic E-state index is 0.0864. The zero-order valence-electron chi connectivity index (χ0n) is 19.9. The first-order chi connectivity index (χ1) is 17.5. The third-order valence-electron chi connectivity index (χ3n) is 6.70. The van der Waals surface area contributed by atoms with E-state index in [1.54, 1.807) is 30.0 Å². The van der Waals surface area contributed by atoms with Gasteiger partial charge in [-0.3, -0.25) is 9.29 Å². The highest BCUT2D eigenvalue weighted by molar-refractivity contribution is 7.99. The van der Waals surface area contributed by atoms with Crippen molar-refractivity contribution in [3.63, 3.8) is 0 Å². The lowest BCUT2D eigenvalue weighted by atomic mass is 9.88. The van der Waals surface area contributed by atoms with Gasteiger partial charge in [0.2, 0.25) is 0 Å². The van der Waals surface area contributed by atoms with Crippen LogP contribution in [0.2, 0.25) is 5.02 Å². The maximum atomic E-state index is 14.4. The van der Waals surface area contributed by atoms with Gasteiger partial charge in [-0.05, 0) is 83.5 Å². The van der Waals surface area contributed by atoms with Crippen LogP contribution >= 0.6 is 23.4 Å². The first-order valence-corrected chi connectivity index (χ1v) is 13.6. The van der Waals surface area contributed by atoms with E-state index >= 15 is 0 Å². The van der Waals surface area contributed by atoms with Crippen LogP contribution in [0.25, 0.3) is 11.1 Å². The minimum Gasteiger partial charge on any atom is -0.508 e. The summed E-state index contributed by atoms with van der Waals surface area (Å²) >= 11 is 8.16. The number of nitrogens with zero attached hydrogens (tertiary/aromatic N) is 1. The van der Waals surface area contributed by atoms with Gasteiger partial charge in [-0.2, -0.15) is 0 Å². The summed E-state index contributed by atoms with van der Waals surface area (Å²) in [6, 6.07) is 18.2. The smallest absolute Gasteiger partial charge is 0.142 e. The van der Waals surface area contributed by atoms with Crippen LogP contribution in [-0.2, 0) is 0 Å². The number of allylic oxidation sites excluding steroid dienone is 1. The van der Waals surface area contributed by atoms with E-state index in [0.717, 1.165) is 64.7 Å². The maximum Gasteiger partial charge on any atom is 0.142 e. The third kappa shape index (κ3) is 5.41. The van der Waals surface area contributed by atoms with E-state index in [0.29, 0.717) is 18.4 Å². The highest BCUT2D eigenvalue weighted by Crippen LogP contribution is 2.45. The molecule has 1 fully saturated rings. The summed E-state index contributed by atoms with van der Waals surface area (Å²) in [5.41, 5.74) is 4.40. The lowest BCUT2D eigenvalue weighted by Gasteiger charge is -2.19. The van der Waals surface area contributed by atoms with Crippen LogP contribution in [0.5, 0.6) is 11.5 Å². The molecule has 0 amide bonds. The quantitative estimate of drug-likeness (QED) is 0.346. The average molecular weight is 528 g/mol. The van der Waals surface area contributed by atoms with Crippen LogP contribution in [0.3, 0.4) is 0 Å². The summed E-state index contributed by atoms with van der Waals surface area (Å²) in [6.07, 6.45) is 2.27. The van der Waals surface area contributed by atoms with Gasteiger partial charge in [-0.25, -0.2) is 4.39 Å². The van der Waals surface area contributed by atoms with Crippen molar-refractivity contribution in [2.24, 2.45) is 0 Å². The molecule has 2 aliphatic heterocycles. The predicted octanol–water partition coefficient (Wildman–Crippen LogP) is 7.45. The largest absolute Gasteiger partial charge is 0.508 e. The number of hydrogen-bond donors (Lipinski definition) is 1. The minimum atomic E-state index is -0.449. The predicted molar refractivity (Wildman–Crippen MR) is 143 cm³/mol. The summed E-state index contributed by atoms with van der Waals surface area (Å²) in [6.45, 7) is 2.20. The normalized spacial score (nSPS) is 18.2. The fourth-order valence-electron chi connectivity index (χ4n) is 5.00. The van der Waals surface area contributed by atoms with Crippen LogP contribution in [0.4, 0.5) is 8.78 Å². The van der Waals surface area contributed by atoms with Crippen molar-refractivity contribution in [1.82, 2.24) is 4.90 Å². The highest BCUT2D eigenvalue weighted by atomic mass is 35.5. The van der Waals surface area contributed by atoms with E-state index in [4.69, 9.17) is 16.3 Å². The Morgan fingerprint density at radius 3 is 2.72 bits per heavy atom. The number of phenolic OH excluding ortho intramolecular Hbond substituents is 1. The Hall–Kier alpha value is -2.54. The first-order valence-electron chi connectivity index (χ1n) is 12.2. The number of ether oxygens (including phenoxy) is 1. The Morgan fingerprint density at radius 2 is 1.92 bits per heavy atom. The molecule has 3 aromatic rings. The number of rotatable bonds is 7. The summed E-state index contributed by atoms with van der Waals surface area (Å²) in [5, 5.41) is 10.4. The second-order valence-electron chi connectivity index (χ2n) is 9.13. The molecular formula is C29H28ClF2NO2S. The van der Waals surface area contributed by atoms with Gasteiger partial charge in [-0.15, -0.1) is 11.8 Å². The van der Waals surface area contributed by atoms with Crippen LogP contribution in [0, 0.1) is 5.82 Å². The van der Waals surface area contributed by atoms with Gasteiger partial charge >= 0.3 is 0 Å². The van der Waals surface area contributed by atoms with Gasteiger partial charge < -0.3 is 9.84 Å². The van der Waals surface area contributed by atoms with E-state index in [9.17, 15) is 13.9 Å². The fraction of sp³-hybridized carbons (Fsp3) is 0.310. The van der Waals surface area contributed by atoms with E-state index in [2.05, 4.69) is 4.90 Å². The van der Waals surface area contributed by atoms with Crippen molar-refractivity contribution in [3.05, 3.63) is 88.2 Å². The van der Waals surface area contributed by atoms with Gasteiger partial charge in [0.05, 0.1) is 11.7 Å². The second-order valence-corrected chi connectivity index (χ2v) is 10.6. The molecule has 3 nitrogen and oxygen atoms in total. The van der Waals surface area contributed by atoms with Crippen molar-refractivity contribution in [3.8, 4) is 11.5 Å². The van der Waals surface area contributed by atoms with Crippen LogP contribution in [0.1, 0.15) is 36.0 Å². The first kappa shape index (κ1) is 25.1. The SMILES string of the molecule is Oc1ccc2c(c1)C(c1ccc(O[C@H]3CCN(CCCF)C3)cc1)=C(c1cccc(F)c1Cl)CCS2. The molecule has 0 unspecified atom stereocenters. The molecule has 0 aromatic heterocycles. The molecule has 0 radical (unpaired) electrons. The van der Waals surface area contributed by atoms with Crippen molar-refractivity contribution in [2.45, 2.75) is 30.3 Å². The highest BCUT2D eigenvalue weighted by Gasteiger charge is 2.25. The van der Waals surface area contributed by atoms with E-state index in [1.807, 2.05) is 36.4 Å². The molecule has 1 atom stereocenters. The van der Waals surface area contributed by atoms with Crippen molar-refractivity contribution >= 4 is 34.5 Å². The molecule has 36 heavy (non-hydrogen) atoms. The Morgan fingerprint density at radius 1 is 1.08 bits per heavy atom. The Bertz CT molecular complexity index is 1260. The zero-order valence-corrected chi connectivity index (χ0v) is 21.4. The van der Waals surface area contributed by atoms with E-state index in [-0.39, 0.29) is 23.6 Å². The lowest BCUT2D eigenvalue weighted by molar-refractivity contribution is 0.198. The Labute approximate surface area is 219 Å². The summed E-state index contributed by atoms with van der Waals surface area (Å²) < 4.78 is 33.1. The van der Waals surface area contributed by atoms with Gasteiger partial charge in [0.1, 0.15) is 23.4 Å². The Kier molecular flexibility index (Phi) is 7.85. The molecule has 0 saturated carbocycles. The second kappa shape index (κ2) is 11.2. The molecule has 3 aromatic carbocycles. The zero-order chi connectivity index (χ0) is 25.1. The molecular weight excluding hydrogens is 500 g/mol. The maximum absolute atomic E-state index is 14.4. The summed E-state index contributed by atoms with van der Waals surface area (Å²) in [5.74, 6) is 1.32. The standard InChI is InChI=1S/C29H28ClF2NO2S/c30-29-24(3-1-4-26(29)32)23-12-16-36-27-10-7-20(34)17-25(27)28(23)19-5-8-21(9-6-19)35-22-11-15-33(18-22)14-2-13-31/h1,3-10,17,22,34H,2,11-16,18H2/t22-/m0/s1. The Balaban J connectivity index is 1.50. The molecule has 0 spiro atoms. The summed E-state index contributed by atoms with van der Waals surface area (Å²) in [4.78, 5) is 3.30. The average Bonchev–Trinajstić information content (AvgIpc) is 3.24. The number of benzene rings is 3.